The lowest BCUT2D eigenvalue weighted by atomic mass is 10.1. The highest BCUT2D eigenvalue weighted by molar-refractivity contribution is 7.84. The molecule has 5 nitrogen and oxygen atoms in total. The molecule has 1 unspecified atom stereocenters. The molecule has 6 heteroatoms. The molecule has 0 aliphatic heterocycles. The Kier molecular flexibility index (Phi) is 8.28. The van der Waals surface area contributed by atoms with Gasteiger partial charge < -0.3 is 14.5 Å². The van der Waals surface area contributed by atoms with E-state index in [2.05, 4.69) is 28.5 Å². The first-order chi connectivity index (χ1) is 16.2. The van der Waals surface area contributed by atoms with Crippen LogP contribution >= 0.6 is 0 Å². The van der Waals surface area contributed by atoms with Crippen molar-refractivity contribution in [3.8, 4) is 5.75 Å². The topological polar surface area (TPSA) is 64.4 Å². The Morgan fingerprint density at radius 2 is 1.88 bits per heavy atom. The van der Waals surface area contributed by atoms with Gasteiger partial charge in [-0.2, -0.15) is 0 Å². The van der Waals surface area contributed by atoms with E-state index in [4.69, 9.17) is 9.15 Å². The summed E-state index contributed by atoms with van der Waals surface area (Å²) < 4.78 is 24.8. The fourth-order valence-corrected chi connectivity index (χ4v) is 4.96. The summed E-state index contributed by atoms with van der Waals surface area (Å²) in [6.45, 7) is 4.30. The fourth-order valence-electron chi connectivity index (χ4n) is 3.78. The largest absolute Gasteiger partial charge is 0.493 e. The second-order valence-corrected chi connectivity index (χ2v) is 9.62. The smallest absolute Gasteiger partial charge is 0.138 e. The van der Waals surface area contributed by atoms with Gasteiger partial charge in [-0.05, 0) is 55.6 Å². The van der Waals surface area contributed by atoms with E-state index in [0.29, 0.717) is 18.1 Å². The van der Waals surface area contributed by atoms with Gasteiger partial charge in [-0.25, -0.2) is 0 Å². The summed E-state index contributed by atoms with van der Waals surface area (Å²) in [4.78, 5) is 4.13. The molecule has 0 amide bonds. The maximum Gasteiger partial charge on any atom is 0.138 e. The van der Waals surface area contributed by atoms with Gasteiger partial charge in [-0.3, -0.25) is 9.19 Å². The highest BCUT2D eigenvalue weighted by Crippen LogP contribution is 2.33. The van der Waals surface area contributed by atoms with Crippen molar-refractivity contribution in [1.29, 1.82) is 0 Å². The van der Waals surface area contributed by atoms with Crippen molar-refractivity contribution in [2.45, 2.75) is 32.1 Å². The minimum absolute atomic E-state index is 0.422. The Labute approximate surface area is 197 Å². The van der Waals surface area contributed by atoms with E-state index in [1.54, 1.807) is 6.20 Å². The molecular formula is C27H30N2O3S. The van der Waals surface area contributed by atoms with E-state index in [1.165, 1.54) is 11.1 Å². The third-order valence-electron chi connectivity index (χ3n) is 5.58. The number of hydrogen-bond acceptors (Lipinski definition) is 5. The van der Waals surface area contributed by atoms with E-state index < -0.39 is 10.8 Å². The number of fused-ring (bicyclic) bond motifs is 1. The number of benzene rings is 2. The highest BCUT2D eigenvalue weighted by Gasteiger charge is 2.16. The zero-order valence-electron chi connectivity index (χ0n) is 19.0. The number of furan rings is 1. The van der Waals surface area contributed by atoms with Crippen molar-refractivity contribution in [3.63, 3.8) is 0 Å². The molecule has 4 aromatic rings. The molecule has 4 rings (SSSR count). The first-order valence-corrected chi connectivity index (χ1v) is 12.8. The van der Waals surface area contributed by atoms with Crippen LogP contribution in [0.25, 0.3) is 11.0 Å². The van der Waals surface area contributed by atoms with Crippen LogP contribution in [0.1, 0.15) is 28.9 Å². The van der Waals surface area contributed by atoms with Crippen LogP contribution in [0, 0.1) is 6.92 Å². The van der Waals surface area contributed by atoms with Crippen molar-refractivity contribution in [1.82, 2.24) is 10.3 Å². The molecular weight excluding hydrogens is 432 g/mol. The van der Waals surface area contributed by atoms with Crippen LogP contribution in [-0.2, 0) is 29.5 Å². The average molecular weight is 463 g/mol. The quantitative estimate of drug-likeness (QED) is 0.294. The maximum absolute atomic E-state index is 12.7. The van der Waals surface area contributed by atoms with Crippen LogP contribution in [0.5, 0.6) is 5.75 Å². The van der Waals surface area contributed by atoms with Crippen LogP contribution < -0.4 is 10.1 Å². The number of aromatic nitrogens is 1. The monoisotopic (exact) mass is 462 g/mol. The van der Waals surface area contributed by atoms with E-state index >= 15 is 0 Å². The molecule has 0 fully saturated rings. The van der Waals surface area contributed by atoms with Crippen LogP contribution in [0.15, 0.2) is 77.5 Å². The van der Waals surface area contributed by atoms with Gasteiger partial charge in [0.2, 0.25) is 0 Å². The fraction of sp³-hybridized carbons (Fsp3) is 0.296. The summed E-state index contributed by atoms with van der Waals surface area (Å²) in [6, 6.07) is 20.0. The lowest BCUT2D eigenvalue weighted by Crippen LogP contribution is -2.17. The molecule has 33 heavy (non-hydrogen) atoms. The third-order valence-corrected chi connectivity index (χ3v) is 6.82. The number of nitrogens with one attached hydrogen (secondary N) is 1. The third kappa shape index (κ3) is 6.53. The zero-order valence-corrected chi connectivity index (χ0v) is 19.8. The molecule has 0 saturated heterocycles. The summed E-state index contributed by atoms with van der Waals surface area (Å²) in [5, 5.41) is 4.40. The molecule has 2 heterocycles. The predicted octanol–water partition coefficient (Wildman–Crippen LogP) is 5.19. The van der Waals surface area contributed by atoms with Crippen molar-refractivity contribution in [2.24, 2.45) is 0 Å². The SMILES string of the molecule is Cc1c(CS(=O)CCc2ccccc2)oc2cccc(OCCCNCc3cccnc3)c12. The van der Waals surface area contributed by atoms with Crippen molar-refractivity contribution in [2.75, 3.05) is 18.9 Å². The molecule has 0 aliphatic carbocycles. The zero-order chi connectivity index (χ0) is 22.9. The van der Waals surface area contributed by atoms with Gasteiger partial charge in [0.15, 0.2) is 0 Å². The summed E-state index contributed by atoms with van der Waals surface area (Å²) in [6.07, 6.45) is 5.35. The summed E-state index contributed by atoms with van der Waals surface area (Å²) in [5.74, 6) is 2.65. The first kappa shape index (κ1) is 23.2. The molecule has 2 aromatic carbocycles. The van der Waals surface area contributed by atoms with Gasteiger partial charge in [0, 0.05) is 41.1 Å². The Bertz CT molecular complexity index is 1180. The molecule has 2 aromatic heterocycles. The van der Waals surface area contributed by atoms with Crippen molar-refractivity contribution < 1.29 is 13.4 Å². The minimum atomic E-state index is -0.987. The van der Waals surface area contributed by atoms with E-state index in [1.807, 2.05) is 55.6 Å². The Hall–Kier alpha value is -2.96. The number of rotatable bonds is 12. The molecule has 0 spiro atoms. The van der Waals surface area contributed by atoms with Crippen LogP contribution in [0.2, 0.25) is 0 Å². The molecule has 0 radical (unpaired) electrons. The lowest BCUT2D eigenvalue weighted by molar-refractivity contribution is 0.311. The highest BCUT2D eigenvalue weighted by atomic mass is 32.2. The van der Waals surface area contributed by atoms with E-state index in [9.17, 15) is 4.21 Å². The standard InChI is InChI=1S/C27H30N2O3S/c1-21-26(20-33(30)17-13-22-8-3-2-4-9-22)32-25-12-5-11-24(27(21)25)31-16-7-15-29-19-23-10-6-14-28-18-23/h2-6,8-12,14,18,29H,7,13,15-17,19-20H2,1H3. The van der Waals surface area contributed by atoms with Crippen LogP contribution in [-0.4, -0.2) is 28.1 Å². The van der Waals surface area contributed by atoms with Gasteiger partial charge in [0.25, 0.3) is 0 Å². The number of pyridine rings is 1. The van der Waals surface area contributed by atoms with Gasteiger partial charge in [-0.1, -0.05) is 42.5 Å². The molecule has 1 atom stereocenters. The summed E-state index contributed by atoms with van der Waals surface area (Å²) in [7, 11) is -0.987. The maximum atomic E-state index is 12.7. The minimum Gasteiger partial charge on any atom is -0.493 e. The average Bonchev–Trinajstić information content (AvgIpc) is 3.17. The second kappa shape index (κ2) is 11.8. The Morgan fingerprint density at radius 1 is 1.03 bits per heavy atom. The molecule has 0 saturated carbocycles. The van der Waals surface area contributed by atoms with Gasteiger partial charge in [-0.15, -0.1) is 0 Å². The number of hydrogen-bond donors (Lipinski definition) is 1. The molecule has 1 N–H and O–H groups in total. The van der Waals surface area contributed by atoms with Crippen LogP contribution in [0.4, 0.5) is 0 Å². The number of aryl methyl sites for hydroxylation is 2. The van der Waals surface area contributed by atoms with Gasteiger partial charge in [0.05, 0.1) is 17.7 Å². The number of ether oxygens (including phenoxy) is 1. The van der Waals surface area contributed by atoms with Crippen LogP contribution in [0.3, 0.4) is 0 Å². The lowest BCUT2D eigenvalue weighted by Gasteiger charge is -2.08. The first-order valence-electron chi connectivity index (χ1n) is 11.3. The number of nitrogens with zero attached hydrogens (tertiary/aromatic N) is 1. The van der Waals surface area contributed by atoms with Gasteiger partial charge in [0.1, 0.15) is 17.1 Å². The second-order valence-electron chi connectivity index (χ2n) is 8.04. The normalized spacial score (nSPS) is 12.2. The predicted molar refractivity (Wildman–Crippen MR) is 134 cm³/mol. The van der Waals surface area contributed by atoms with Crippen molar-refractivity contribution in [3.05, 3.63) is 95.5 Å². The molecule has 0 aliphatic rings. The Morgan fingerprint density at radius 3 is 2.70 bits per heavy atom. The van der Waals surface area contributed by atoms with E-state index in [-0.39, 0.29) is 0 Å². The summed E-state index contributed by atoms with van der Waals surface area (Å²) >= 11 is 0. The van der Waals surface area contributed by atoms with Gasteiger partial charge >= 0.3 is 0 Å². The molecule has 172 valence electrons. The molecule has 0 bridgehead atoms. The summed E-state index contributed by atoms with van der Waals surface area (Å²) in [5.41, 5.74) is 4.18. The van der Waals surface area contributed by atoms with E-state index in [0.717, 1.165) is 54.0 Å². The van der Waals surface area contributed by atoms with Crippen molar-refractivity contribution >= 4 is 21.8 Å². The Balaban J connectivity index is 1.29.